The molecule has 0 spiro atoms. The van der Waals surface area contributed by atoms with Gasteiger partial charge in [-0.3, -0.25) is 9.78 Å². The predicted octanol–water partition coefficient (Wildman–Crippen LogP) is 4.86. The molecule has 3 rings (SSSR count). The van der Waals surface area contributed by atoms with E-state index < -0.39 is 0 Å². The molecule has 1 heterocycles. The number of pyridine rings is 1. The van der Waals surface area contributed by atoms with E-state index in [9.17, 15) is 4.79 Å². The van der Waals surface area contributed by atoms with Crippen molar-refractivity contribution in [1.29, 1.82) is 0 Å². The van der Waals surface area contributed by atoms with E-state index in [4.69, 9.17) is 18.9 Å². The lowest BCUT2D eigenvalue weighted by atomic mass is 10.1. The van der Waals surface area contributed by atoms with Crippen LogP contribution in [0.4, 0.5) is 5.69 Å². The summed E-state index contributed by atoms with van der Waals surface area (Å²) in [6, 6.07) is 16.5. The number of amides is 1. The molecule has 2 aromatic carbocycles. The Hall–Kier alpha value is -3.42. The fourth-order valence-electron chi connectivity index (χ4n) is 3.08. The molecule has 3 aromatic rings. The molecule has 0 aliphatic rings. The van der Waals surface area contributed by atoms with Gasteiger partial charge in [0.25, 0.3) is 5.91 Å². The smallest absolute Gasteiger partial charge is 0.255 e. The Morgan fingerprint density at radius 2 is 1.70 bits per heavy atom. The van der Waals surface area contributed by atoms with Crippen LogP contribution >= 0.6 is 0 Å². The van der Waals surface area contributed by atoms with Crippen LogP contribution in [0.15, 0.2) is 67.0 Å². The number of ether oxygens (including phenoxy) is 4. The van der Waals surface area contributed by atoms with Gasteiger partial charge >= 0.3 is 0 Å². The molecule has 0 fully saturated rings. The van der Waals surface area contributed by atoms with Gasteiger partial charge in [0, 0.05) is 35.8 Å². The van der Waals surface area contributed by atoms with Crippen LogP contribution < -0.4 is 14.8 Å². The molecule has 0 radical (unpaired) electrons. The molecule has 0 atom stereocenters. The molecular weight excluding hydrogens is 420 g/mol. The fourth-order valence-corrected chi connectivity index (χ4v) is 3.08. The minimum atomic E-state index is -0.232. The average molecular weight is 451 g/mol. The van der Waals surface area contributed by atoms with Crippen LogP contribution in [0.2, 0.25) is 0 Å². The van der Waals surface area contributed by atoms with E-state index in [1.165, 1.54) is 0 Å². The zero-order chi connectivity index (χ0) is 23.3. The monoisotopic (exact) mass is 450 g/mol. The molecule has 1 N–H and O–H groups in total. The van der Waals surface area contributed by atoms with Crippen LogP contribution in [0.5, 0.6) is 11.5 Å². The number of rotatable bonds is 13. The standard InChI is InChI=1S/C26H30N2O5/c1-3-30-13-14-31-18-20-7-5-9-23(15-20)28-26(29)22-10-11-24(25(16-22)32-4-2)33-19-21-8-6-12-27-17-21/h5-12,15-17H,3-4,13-14,18-19H2,1-2H3,(H,28,29). The molecule has 174 valence electrons. The highest BCUT2D eigenvalue weighted by Crippen LogP contribution is 2.29. The van der Waals surface area contributed by atoms with Crippen molar-refractivity contribution in [2.75, 3.05) is 31.7 Å². The first-order chi connectivity index (χ1) is 16.2. The second kappa shape index (κ2) is 13.2. The van der Waals surface area contributed by atoms with Crippen LogP contribution in [0.25, 0.3) is 0 Å². The Morgan fingerprint density at radius 3 is 2.48 bits per heavy atom. The largest absolute Gasteiger partial charge is 0.490 e. The van der Waals surface area contributed by atoms with Crippen LogP contribution in [0.1, 0.15) is 35.3 Å². The molecule has 7 heteroatoms. The van der Waals surface area contributed by atoms with Crippen LogP contribution in [-0.4, -0.2) is 37.3 Å². The lowest BCUT2D eigenvalue weighted by Gasteiger charge is -2.14. The third kappa shape index (κ3) is 7.89. The summed E-state index contributed by atoms with van der Waals surface area (Å²) < 4.78 is 22.5. The molecule has 7 nitrogen and oxygen atoms in total. The second-order valence-electron chi connectivity index (χ2n) is 7.15. The first-order valence-electron chi connectivity index (χ1n) is 11.0. The van der Waals surface area contributed by atoms with Gasteiger partial charge < -0.3 is 24.3 Å². The minimum Gasteiger partial charge on any atom is -0.490 e. The average Bonchev–Trinajstić information content (AvgIpc) is 2.84. The van der Waals surface area contributed by atoms with Gasteiger partial charge in [0.1, 0.15) is 6.61 Å². The quantitative estimate of drug-likeness (QED) is 0.375. The highest BCUT2D eigenvalue weighted by molar-refractivity contribution is 6.04. The number of anilines is 1. The van der Waals surface area contributed by atoms with Gasteiger partial charge in [-0.25, -0.2) is 0 Å². The van der Waals surface area contributed by atoms with Gasteiger partial charge in [-0.15, -0.1) is 0 Å². The summed E-state index contributed by atoms with van der Waals surface area (Å²) in [5.41, 5.74) is 3.09. The van der Waals surface area contributed by atoms with E-state index in [0.29, 0.717) is 62.4 Å². The zero-order valence-electron chi connectivity index (χ0n) is 19.1. The lowest BCUT2D eigenvalue weighted by Crippen LogP contribution is -2.13. The van der Waals surface area contributed by atoms with Crippen molar-refractivity contribution < 1.29 is 23.7 Å². The molecular formula is C26H30N2O5. The van der Waals surface area contributed by atoms with E-state index in [-0.39, 0.29) is 5.91 Å². The molecule has 0 bridgehead atoms. The van der Waals surface area contributed by atoms with Crippen molar-refractivity contribution in [3.8, 4) is 11.5 Å². The van der Waals surface area contributed by atoms with Gasteiger partial charge in [-0.2, -0.15) is 0 Å². The first kappa shape index (κ1) is 24.2. The van der Waals surface area contributed by atoms with E-state index in [1.807, 2.05) is 50.2 Å². The molecule has 33 heavy (non-hydrogen) atoms. The highest BCUT2D eigenvalue weighted by atomic mass is 16.5. The fraction of sp³-hybridized carbons (Fsp3) is 0.308. The van der Waals surface area contributed by atoms with Crippen LogP contribution in [0, 0.1) is 0 Å². The number of benzene rings is 2. The summed E-state index contributed by atoms with van der Waals surface area (Å²) in [4.78, 5) is 16.9. The first-order valence-corrected chi connectivity index (χ1v) is 11.0. The third-order valence-electron chi connectivity index (χ3n) is 4.65. The maximum absolute atomic E-state index is 12.8. The number of carbonyl (C=O) groups is 1. The van der Waals surface area contributed by atoms with Gasteiger partial charge in [0.2, 0.25) is 0 Å². The number of aromatic nitrogens is 1. The van der Waals surface area contributed by atoms with Crippen molar-refractivity contribution in [1.82, 2.24) is 4.98 Å². The van der Waals surface area contributed by atoms with Crippen molar-refractivity contribution in [3.05, 3.63) is 83.7 Å². The summed E-state index contributed by atoms with van der Waals surface area (Å²) in [6.45, 7) is 6.88. The molecule has 1 amide bonds. The van der Waals surface area contributed by atoms with E-state index in [1.54, 1.807) is 30.6 Å². The molecule has 0 aliphatic heterocycles. The Kier molecular flexibility index (Phi) is 9.69. The maximum atomic E-state index is 12.8. The van der Waals surface area contributed by atoms with Gasteiger partial charge in [0.05, 0.1) is 26.4 Å². The van der Waals surface area contributed by atoms with Crippen molar-refractivity contribution in [2.45, 2.75) is 27.1 Å². The summed E-state index contributed by atoms with van der Waals surface area (Å²) in [5.74, 6) is 0.859. The summed E-state index contributed by atoms with van der Waals surface area (Å²) in [7, 11) is 0. The van der Waals surface area contributed by atoms with Crippen molar-refractivity contribution in [3.63, 3.8) is 0 Å². The van der Waals surface area contributed by atoms with Crippen molar-refractivity contribution >= 4 is 11.6 Å². The molecule has 0 unspecified atom stereocenters. The van der Waals surface area contributed by atoms with Gasteiger partial charge in [-0.1, -0.05) is 18.2 Å². The van der Waals surface area contributed by atoms with E-state index in [0.717, 1.165) is 11.1 Å². The number of carbonyl (C=O) groups excluding carboxylic acids is 1. The number of hydrogen-bond donors (Lipinski definition) is 1. The summed E-state index contributed by atoms with van der Waals surface area (Å²) in [5, 5.41) is 2.93. The van der Waals surface area contributed by atoms with Crippen LogP contribution in [-0.2, 0) is 22.7 Å². The Balaban J connectivity index is 1.62. The maximum Gasteiger partial charge on any atom is 0.255 e. The SMILES string of the molecule is CCOCCOCc1cccc(NC(=O)c2ccc(OCc3cccnc3)c(OCC)c2)c1. The van der Waals surface area contributed by atoms with E-state index >= 15 is 0 Å². The van der Waals surface area contributed by atoms with Gasteiger partial charge in [0.15, 0.2) is 11.5 Å². The Morgan fingerprint density at radius 1 is 0.848 bits per heavy atom. The predicted molar refractivity (Wildman–Crippen MR) is 127 cm³/mol. The summed E-state index contributed by atoms with van der Waals surface area (Å²) >= 11 is 0. The lowest BCUT2D eigenvalue weighted by molar-refractivity contribution is 0.0453. The third-order valence-corrected chi connectivity index (χ3v) is 4.65. The normalized spacial score (nSPS) is 10.6. The summed E-state index contributed by atoms with van der Waals surface area (Å²) in [6.07, 6.45) is 3.47. The highest BCUT2D eigenvalue weighted by Gasteiger charge is 2.13. The molecule has 0 aliphatic carbocycles. The van der Waals surface area contributed by atoms with Gasteiger partial charge in [-0.05, 0) is 55.8 Å². The Bertz CT molecular complexity index is 1010. The van der Waals surface area contributed by atoms with Crippen molar-refractivity contribution in [2.24, 2.45) is 0 Å². The minimum absolute atomic E-state index is 0.232. The number of nitrogens with zero attached hydrogens (tertiary/aromatic N) is 1. The molecule has 1 aromatic heterocycles. The van der Waals surface area contributed by atoms with E-state index in [2.05, 4.69) is 10.3 Å². The topological polar surface area (TPSA) is 78.9 Å². The number of nitrogens with one attached hydrogen (secondary N) is 1. The second-order valence-corrected chi connectivity index (χ2v) is 7.15. The zero-order valence-corrected chi connectivity index (χ0v) is 19.1. The number of hydrogen-bond acceptors (Lipinski definition) is 6. The Labute approximate surface area is 194 Å². The van der Waals surface area contributed by atoms with Crippen LogP contribution in [0.3, 0.4) is 0 Å². The molecule has 0 saturated carbocycles. The molecule has 0 saturated heterocycles.